The molecule has 1 heterocycles. The minimum Gasteiger partial charge on any atom is -0.491 e. The second-order valence-corrected chi connectivity index (χ2v) is 4.63. The largest absolute Gasteiger partial charge is 0.491 e. The summed E-state index contributed by atoms with van der Waals surface area (Å²) in [5.41, 5.74) is 2.17. The lowest BCUT2D eigenvalue weighted by Crippen LogP contribution is -2.18. The molecule has 100 valence electrons. The third kappa shape index (κ3) is 3.51. The first kappa shape index (κ1) is 13.5. The molecule has 1 aromatic heterocycles. The molecule has 2 rings (SSSR count). The number of hydrogen-bond donors (Lipinski definition) is 1. The van der Waals surface area contributed by atoms with E-state index in [1.807, 2.05) is 51.5 Å². The quantitative estimate of drug-likeness (QED) is 0.894. The normalized spacial score (nSPS) is 12.4. The maximum Gasteiger partial charge on any atom is 0.120 e. The fourth-order valence-corrected chi connectivity index (χ4v) is 2.03. The number of ether oxygens (including phenoxy) is 1. The highest BCUT2D eigenvalue weighted by atomic mass is 16.5. The topological polar surface area (TPSA) is 47.0 Å². The smallest absolute Gasteiger partial charge is 0.120 e. The van der Waals surface area contributed by atoms with Gasteiger partial charge in [-0.25, -0.2) is 9.97 Å². The van der Waals surface area contributed by atoms with Crippen LogP contribution in [-0.2, 0) is 0 Å². The molecule has 4 heteroatoms. The van der Waals surface area contributed by atoms with E-state index in [-0.39, 0.29) is 12.1 Å². The van der Waals surface area contributed by atoms with Crippen molar-refractivity contribution in [3.05, 3.63) is 54.1 Å². The number of benzene rings is 1. The zero-order chi connectivity index (χ0) is 13.7. The molecule has 0 radical (unpaired) electrons. The summed E-state index contributed by atoms with van der Waals surface area (Å²) >= 11 is 0. The van der Waals surface area contributed by atoms with Gasteiger partial charge >= 0.3 is 0 Å². The van der Waals surface area contributed by atoms with E-state index in [1.54, 1.807) is 0 Å². The van der Waals surface area contributed by atoms with Gasteiger partial charge in [-0.05, 0) is 38.6 Å². The molecule has 4 nitrogen and oxygen atoms in total. The standard InChI is InChI=1S/C15H19N3O/c1-11(2)19-14-6-4-5-12(7-14)15(16-3)13-8-17-10-18-9-13/h4-11,15-16H,1-3H3. The zero-order valence-corrected chi connectivity index (χ0v) is 11.5. The highest BCUT2D eigenvalue weighted by Crippen LogP contribution is 2.24. The van der Waals surface area contributed by atoms with Gasteiger partial charge in [0.05, 0.1) is 12.1 Å². The minimum atomic E-state index is 0.0666. The number of rotatable bonds is 5. The van der Waals surface area contributed by atoms with Gasteiger partial charge in [-0.1, -0.05) is 12.1 Å². The first-order valence-electron chi connectivity index (χ1n) is 6.39. The van der Waals surface area contributed by atoms with Gasteiger partial charge in [0, 0.05) is 18.0 Å². The molecule has 0 aliphatic carbocycles. The van der Waals surface area contributed by atoms with Crippen LogP contribution in [0.25, 0.3) is 0 Å². The van der Waals surface area contributed by atoms with Crippen LogP contribution in [0.1, 0.15) is 31.0 Å². The molecular weight excluding hydrogens is 238 g/mol. The molecule has 0 saturated heterocycles. The summed E-state index contributed by atoms with van der Waals surface area (Å²) in [6.07, 6.45) is 5.35. The van der Waals surface area contributed by atoms with Crippen molar-refractivity contribution in [2.24, 2.45) is 0 Å². The van der Waals surface area contributed by atoms with Crippen LogP contribution in [0, 0.1) is 0 Å². The average molecular weight is 257 g/mol. The summed E-state index contributed by atoms with van der Waals surface area (Å²) in [6.45, 7) is 4.04. The highest BCUT2D eigenvalue weighted by molar-refractivity contribution is 5.35. The molecular formula is C15H19N3O. The van der Waals surface area contributed by atoms with E-state index in [0.29, 0.717) is 0 Å². The van der Waals surface area contributed by atoms with Crippen LogP contribution in [0.5, 0.6) is 5.75 Å². The van der Waals surface area contributed by atoms with Crippen molar-refractivity contribution in [2.45, 2.75) is 26.0 Å². The average Bonchev–Trinajstić information content (AvgIpc) is 2.40. The van der Waals surface area contributed by atoms with Gasteiger partial charge < -0.3 is 10.1 Å². The zero-order valence-electron chi connectivity index (χ0n) is 11.5. The molecule has 0 amide bonds. The molecule has 1 N–H and O–H groups in total. The first-order valence-corrected chi connectivity index (χ1v) is 6.39. The van der Waals surface area contributed by atoms with Crippen LogP contribution in [0.2, 0.25) is 0 Å². The summed E-state index contributed by atoms with van der Waals surface area (Å²) in [6, 6.07) is 8.16. The van der Waals surface area contributed by atoms with Gasteiger partial charge in [-0.3, -0.25) is 0 Å². The Morgan fingerprint density at radius 1 is 1.11 bits per heavy atom. The molecule has 0 aliphatic heterocycles. The number of nitrogens with zero attached hydrogens (tertiary/aromatic N) is 2. The molecule has 0 bridgehead atoms. The summed E-state index contributed by atoms with van der Waals surface area (Å²) in [5.74, 6) is 0.879. The van der Waals surface area contributed by atoms with Crippen LogP contribution in [-0.4, -0.2) is 23.1 Å². The Morgan fingerprint density at radius 2 is 1.84 bits per heavy atom. The van der Waals surface area contributed by atoms with Gasteiger partial charge in [-0.15, -0.1) is 0 Å². The molecule has 0 spiro atoms. The molecule has 1 aromatic carbocycles. The van der Waals surface area contributed by atoms with Crippen molar-refractivity contribution in [3.8, 4) is 5.75 Å². The maximum atomic E-state index is 5.73. The maximum absolute atomic E-state index is 5.73. The Labute approximate surface area is 113 Å². The summed E-state index contributed by atoms with van der Waals surface area (Å²) in [4.78, 5) is 8.13. The molecule has 0 saturated carbocycles. The molecule has 19 heavy (non-hydrogen) atoms. The predicted molar refractivity (Wildman–Crippen MR) is 75.1 cm³/mol. The van der Waals surface area contributed by atoms with E-state index in [1.165, 1.54) is 6.33 Å². The molecule has 2 aromatic rings. The Kier molecular flexibility index (Phi) is 4.47. The van der Waals surface area contributed by atoms with Gasteiger partial charge in [0.2, 0.25) is 0 Å². The van der Waals surface area contributed by atoms with Crippen LogP contribution in [0.3, 0.4) is 0 Å². The molecule has 1 atom stereocenters. The van der Waals surface area contributed by atoms with Crippen molar-refractivity contribution in [1.82, 2.24) is 15.3 Å². The molecule has 0 aliphatic rings. The van der Waals surface area contributed by atoms with Crippen molar-refractivity contribution < 1.29 is 4.74 Å². The Hall–Kier alpha value is -1.94. The first-order chi connectivity index (χ1) is 9.20. The minimum absolute atomic E-state index is 0.0666. The lowest BCUT2D eigenvalue weighted by Gasteiger charge is -2.18. The van der Waals surface area contributed by atoms with E-state index >= 15 is 0 Å². The third-order valence-corrected chi connectivity index (χ3v) is 2.77. The van der Waals surface area contributed by atoms with Crippen LogP contribution in [0.15, 0.2) is 43.0 Å². The number of nitrogens with one attached hydrogen (secondary N) is 1. The van der Waals surface area contributed by atoms with Crippen LogP contribution >= 0.6 is 0 Å². The van der Waals surface area contributed by atoms with Gasteiger partial charge in [0.1, 0.15) is 12.1 Å². The van der Waals surface area contributed by atoms with Crippen molar-refractivity contribution in [2.75, 3.05) is 7.05 Å². The molecule has 0 fully saturated rings. The fourth-order valence-electron chi connectivity index (χ4n) is 2.03. The van der Waals surface area contributed by atoms with Crippen LogP contribution < -0.4 is 10.1 Å². The van der Waals surface area contributed by atoms with Gasteiger partial charge in [-0.2, -0.15) is 0 Å². The van der Waals surface area contributed by atoms with E-state index in [0.717, 1.165) is 16.9 Å². The Bertz CT molecular complexity index is 514. The van der Waals surface area contributed by atoms with Crippen LogP contribution in [0.4, 0.5) is 0 Å². The third-order valence-electron chi connectivity index (χ3n) is 2.77. The van der Waals surface area contributed by atoms with E-state index < -0.39 is 0 Å². The predicted octanol–water partition coefficient (Wildman–Crippen LogP) is 2.57. The SMILES string of the molecule is CNC(c1cncnc1)c1cccc(OC(C)C)c1. The summed E-state index contributed by atoms with van der Waals surface area (Å²) < 4.78 is 5.73. The second-order valence-electron chi connectivity index (χ2n) is 4.63. The van der Waals surface area contributed by atoms with Gasteiger partial charge in [0.25, 0.3) is 0 Å². The van der Waals surface area contributed by atoms with Crippen molar-refractivity contribution >= 4 is 0 Å². The number of hydrogen-bond acceptors (Lipinski definition) is 4. The monoisotopic (exact) mass is 257 g/mol. The highest BCUT2D eigenvalue weighted by Gasteiger charge is 2.13. The summed E-state index contributed by atoms with van der Waals surface area (Å²) in [7, 11) is 1.92. The lowest BCUT2D eigenvalue weighted by atomic mass is 10.0. The number of aromatic nitrogens is 2. The Morgan fingerprint density at radius 3 is 2.47 bits per heavy atom. The van der Waals surface area contributed by atoms with E-state index in [4.69, 9.17) is 4.74 Å². The fraction of sp³-hybridized carbons (Fsp3) is 0.333. The van der Waals surface area contributed by atoms with Crippen molar-refractivity contribution in [3.63, 3.8) is 0 Å². The van der Waals surface area contributed by atoms with Crippen molar-refractivity contribution in [1.29, 1.82) is 0 Å². The summed E-state index contributed by atoms with van der Waals surface area (Å²) in [5, 5.41) is 3.28. The van der Waals surface area contributed by atoms with E-state index in [2.05, 4.69) is 21.4 Å². The van der Waals surface area contributed by atoms with E-state index in [9.17, 15) is 0 Å². The second kappa shape index (κ2) is 6.29. The van der Waals surface area contributed by atoms with Gasteiger partial charge in [0.15, 0.2) is 0 Å². The lowest BCUT2D eigenvalue weighted by molar-refractivity contribution is 0.242. The molecule has 1 unspecified atom stereocenters. The Balaban J connectivity index is 2.28.